The van der Waals surface area contributed by atoms with Gasteiger partial charge in [-0.25, -0.2) is 4.98 Å². The summed E-state index contributed by atoms with van der Waals surface area (Å²) >= 11 is 5.24. The minimum atomic E-state index is -0.143. The molecule has 0 atom stereocenters. The number of nitrogens with zero attached hydrogens (tertiary/aromatic N) is 4. The van der Waals surface area contributed by atoms with E-state index in [1.165, 1.54) is 0 Å². The molecule has 0 radical (unpaired) electrons. The van der Waals surface area contributed by atoms with Crippen molar-refractivity contribution in [1.29, 1.82) is 0 Å². The molecule has 29 heavy (non-hydrogen) atoms. The quantitative estimate of drug-likeness (QED) is 0.473. The van der Waals surface area contributed by atoms with Crippen molar-refractivity contribution in [3.05, 3.63) is 59.1 Å². The van der Waals surface area contributed by atoms with Crippen LogP contribution in [-0.4, -0.2) is 30.2 Å². The van der Waals surface area contributed by atoms with E-state index in [9.17, 15) is 4.79 Å². The van der Waals surface area contributed by atoms with Crippen LogP contribution in [0.4, 0.5) is 5.69 Å². The van der Waals surface area contributed by atoms with Crippen molar-refractivity contribution >= 4 is 34.8 Å². The van der Waals surface area contributed by atoms with Crippen LogP contribution in [0.5, 0.6) is 0 Å². The molecule has 0 saturated heterocycles. The van der Waals surface area contributed by atoms with Gasteiger partial charge in [-0.15, -0.1) is 0 Å². The Kier molecular flexibility index (Phi) is 5.26. The third kappa shape index (κ3) is 3.84. The number of hydrogen-bond acceptors (Lipinski definition) is 4. The molecule has 0 spiro atoms. The Morgan fingerprint density at radius 3 is 2.66 bits per heavy atom. The van der Waals surface area contributed by atoms with Gasteiger partial charge in [-0.2, -0.15) is 5.10 Å². The van der Waals surface area contributed by atoms with Crippen molar-refractivity contribution in [2.24, 2.45) is 7.05 Å². The third-order valence-corrected chi connectivity index (χ3v) is 5.14. The van der Waals surface area contributed by atoms with Gasteiger partial charge in [0.05, 0.1) is 11.0 Å². The normalized spacial score (nSPS) is 11.1. The van der Waals surface area contributed by atoms with Crippen LogP contribution in [0.2, 0.25) is 0 Å². The predicted molar refractivity (Wildman–Crippen MR) is 116 cm³/mol. The van der Waals surface area contributed by atoms with Gasteiger partial charge in [-0.05, 0) is 55.0 Å². The molecule has 8 heteroatoms. The zero-order valence-electron chi connectivity index (χ0n) is 16.3. The molecule has 2 aromatic carbocycles. The van der Waals surface area contributed by atoms with Gasteiger partial charge in [0.2, 0.25) is 5.91 Å². The molecule has 148 valence electrons. The first-order chi connectivity index (χ1) is 14.1. The molecule has 4 aromatic rings. The molecule has 7 nitrogen and oxygen atoms in total. The summed E-state index contributed by atoms with van der Waals surface area (Å²) in [5, 5.41) is 9.87. The van der Waals surface area contributed by atoms with Gasteiger partial charge < -0.3 is 9.88 Å². The molecular formula is C21H22N6OS. The number of H-pyrrole nitrogens is 1. The van der Waals surface area contributed by atoms with Crippen LogP contribution in [0.15, 0.2) is 48.5 Å². The Bertz CT molecular complexity index is 1220. The number of rotatable bonds is 6. The molecule has 2 N–H and O–H groups in total. The highest BCUT2D eigenvalue weighted by atomic mass is 32.1. The van der Waals surface area contributed by atoms with Crippen LogP contribution in [0.25, 0.3) is 22.4 Å². The second kappa shape index (κ2) is 8.00. The fourth-order valence-electron chi connectivity index (χ4n) is 3.38. The Morgan fingerprint density at radius 2 is 1.93 bits per heavy atom. The Hall–Kier alpha value is -3.26. The number of hydrogen-bond donors (Lipinski definition) is 2. The minimum Gasteiger partial charge on any atom is -0.327 e. The first-order valence-corrected chi connectivity index (χ1v) is 9.93. The summed E-state index contributed by atoms with van der Waals surface area (Å²) in [6.07, 6.45) is 1.71. The number of aromatic nitrogens is 5. The van der Waals surface area contributed by atoms with E-state index in [0.29, 0.717) is 4.77 Å². The van der Waals surface area contributed by atoms with E-state index in [1.807, 2.05) is 55.6 Å². The zero-order chi connectivity index (χ0) is 20.4. The lowest BCUT2D eigenvalue weighted by Gasteiger charge is -2.09. The van der Waals surface area contributed by atoms with Crippen LogP contribution in [-0.2, 0) is 24.8 Å². The summed E-state index contributed by atoms with van der Waals surface area (Å²) < 4.78 is 4.27. The van der Waals surface area contributed by atoms with Crippen molar-refractivity contribution in [3.63, 3.8) is 0 Å². The van der Waals surface area contributed by atoms with E-state index >= 15 is 0 Å². The van der Waals surface area contributed by atoms with E-state index in [0.717, 1.165) is 46.8 Å². The van der Waals surface area contributed by atoms with E-state index in [2.05, 4.69) is 27.0 Å². The second-order valence-electron chi connectivity index (χ2n) is 6.89. The lowest BCUT2D eigenvalue weighted by atomic mass is 10.2. The molecule has 0 aliphatic rings. The first-order valence-electron chi connectivity index (χ1n) is 9.52. The number of aromatic amines is 1. The lowest BCUT2D eigenvalue weighted by molar-refractivity contribution is -0.116. The van der Waals surface area contributed by atoms with Gasteiger partial charge in [-0.1, -0.05) is 19.1 Å². The fraction of sp³-hybridized carbons (Fsp3) is 0.238. The number of carbonyl (C=O) groups excluding carboxylic acids is 1. The monoisotopic (exact) mass is 406 g/mol. The Morgan fingerprint density at radius 1 is 1.17 bits per heavy atom. The van der Waals surface area contributed by atoms with Crippen LogP contribution in [0.3, 0.4) is 0 Å². The number of carbonyl (C=O) groups is 1. The highest BCUT2D eigenvalue weighted by Gasteiger charge is 2.12. The van der Waals surface area contributed by atoms with Crippen molar-refractivity contribution in [2.45, 2.75) is 26.3 Å². The number of benzene rings is 2. The van der Waals surface area contributed by atoms with Crippen LogP contribution in [0.1, 0.15) is 19.2 Å². The standard InChI is InChI=1S/C21H22N6OS/c1-3-6-18-24-25-21(29)27(18)13-19(28)22-15-11-9-14(10-12-15)20-23-16-7-4-5-8-17(16)26(20)2/h4-5,7-12H,3,6,13H2,1-2H3,(H,22,28)(H,25,29). The summed E-state index contributed by atoms with van der Waals surface area (Å²) in [6.45, 7) is 2.20. The molecule has 0 bridgehead atoms. The molecule has 1 amide bonds. The third-order valence-electron chi connectivity index (χ3n) is 4.83. The highest BCUT2D eigenvalue weighted by Crippen LogP contribution is 2.24. The Balaban J connectivity index is 1.50. The molecule has 0 aliphatic heterocycles. The largest absolute Gasteiger partial charge is 0.327 e. The summed E-state index contributed by atoms with van der Waals surface area (Å²) in [5.74, 6) is 1.54. The molecular weight excluding hydrogens is 384 g/mol. The molecule has 0 aliphatic carbocycles. The van der Waals surface area contributed by atoms with Gasteiger partial charge in [0.1, 0.15) is 18.2 Å². The summed E-state index contributed by atoms with van der Waals surface area (Å²) in [4.78, 5) is 17.2. The summed E-state index contributed by atoms with van der Waals surface area (Å²) in [7, 11) is 2.00. The molecule has 0 saturated carbocycles. The Labute approximate surface area is 173 Å². The number of nitrogens with one attached hydrogen (secondary N) is 2. The number of imidazole rings is 1. The van der Waals surface area contributed by atoms with E-state index in [4.69, 9.17) is 17.2 Å². The molecule has 2 heterocycles. The topological polar surface area (TPSA) is 80.5 Å². The summed E-state index contributed by atoms with van der Waals surface area (Å²) in [5.41, 5.74) is 3.76. The van der Waals surface area contributed by atoms with Crippen molar-refractivity contribution in [1.82, 2.24) is 24.3 Å². The maximum atomic E-state index is 12.5. The lowest BCUT2D eigenvalue weighted by Crippen LogP contribution is -2.20. The molecule has 0 fully saturated rings. The predicted octanol–water partition coefficient (Wildman–Crippen LogP) is 4.09. The fourth-order valence-corrected chi connectivity index (χ4v) is 3.59. The van der Waals surface area contributed by atoms with Crippen LogP contribution in [0, 0.1) is 4.77 Å². The molecule has 0 unspecified atom stereocenters. The number of para-hydroxylation sites is 2. The van der Waals surface area contributed by atoms with E-state index in [1.54, 1.807) is 4.57 Å². The van der Waals surface area contributed by atoms with Crippen molar-refractivity contribution in [3.8, 4) is 11.4 Å². The maximum Gasteiger partial charge on any atom is 0.244 e. The van der Waals surface area contributed by atoms with Gasteiger partial charge in [0, 0.05) is 24.7 Å². The second-order valence-corrected chi connectivity index (χ2v) is 7.28. The molecule has 4 rings (SSSR count). The number of aryl methyl sites for hydroxylation is 2. The van der Waals surface area contributed by atoms with Gasteiger partial charge in [0.15, 0.2) is 4.77 Å². The van der Waals surface area contributed by atoms with Crippen molar-refractivity contribution < 1.29 is 4.79 Å². The summed E-state index contributed by atoms with van der Waals surface area (Å²) in [6, 6.07) is 15.7. The van der Waals surface area contributed by atoms with Crippen LogP contribution >= 0.6 is 12.2 Å². The number of anilines is 1. The van der Waals surface area contributed by atoms with Gasteiger partial charge >= 0.3 is 0 Å². The highest BCUT2D eigenvalue weighted by molar-refractivity contribution is 7.71. The molecule has 2 aromatic heterocycles. The SMILES string of the molecule is CCCc1n[nH]c(=S)n1CC(=O)Nc1ccc(-c2nc3ccccc3n2C)cc1. The van der Waals surface area contributed by atoms with E-state index in [-0.39, 0.29) is 12.5 Å². The first kappa shape index (κ1) is 19.1. The number of fused-ring (bicyclic) bond motifs is 1. The van der Waals surface area contributed by atoms with Gasteiger partial charge in [0.25, 0.3) is 0 Å². The van der Waals surface area contributed by atoms with Crippen molar-refractivity contribution in [2.75, 3.05) is 5.32 Å². The van der Waals surface area contributed by atoms with Gasteiger partial charge in [-0.3, -0.25) is 14.5 Å². The average molecular weight is 407 g/mol. The minimum absolute atomic E-state index is 0.136. The zero-order valence-corrected chi connectivity index (χ0v) is 17.2. The maximum absolute atomic E-state index is 12.5. The average Bonchev–Trinajstić information content (AvgIpc) is 3.24. The van der Waals surface area contributed by atoms with E-state index < -0.39 is 0 Å². The number of amides is 1. The smallest absolute Gasteiger partial charge is 0.244 e. The van der Waals surface area contributed by atoms with Crippen LogP contribution < -0.4 is 5.32 Å².